The van der Waals surface area contributed by atoms with E-state index in [4.69, 9.17) is 9.26 Å². The molecule has 1 aliphatic heterocycles. The Balaban J connectivity index is 1.67. The maximum Gasteiger partial charge on any atom is 0.278 e. The van der Waals surface area contributed by atoms with Crippen LogP contribution in [0.3, 0.4) is 0 Å². The highest BCUT2D eigenvalue weighted by atomic mass is 79.9. The van der Waals surface area contributed by atoms with E-state index in [0.29, 0.717) is 11.3 Å². The van der Waals surface area contributed by atoms with E-state index in [9.17, 15) is 4.79 Å². The molecule has 0 spiro atoms. The Morgan fingerprint density at radius 1 is 1.25 bits per heavy atom. The number of fused-ring (bicyclic) bond motifs is 3. The molecular weight excluding hydrogens is 372 g/mol. The Morgan fingerprint density at radius 3 is 2.92 bits per heavy atom. The molecule has 2 aromatic carbocycles. The fraction of sp³-hybridized carbons (Fsp3) is 0.111. The smallest absolute Gasteiger partial charge is 0.278 e. The molecule has 5 nitrogen and oxygen atoms in total. The van der Waals surface area contributed by atoms with Gasteiger partial charge >= 0.3 is 0 Å². The van der Waals surface area contributed by atoms with Gasteiger partial charge in [0.25, 0.3) is 5.91 Å². The van der Waals surface area contributed by atoms with E-state index in [1.807, 2.05) is 49.4 Å². The summed E-state index contributed by atoms with van der Waals surface area (Å²) < 4.78 is 12.1. The zero-order valence-corrected chi connectivity index (χ0v) is 14.4. The summed E-state index contributed by atoms with van der Waals surface area (Å²) in [6.45, 7) is 2.19. The zero-order valence-electron chi connectivity index (χ0n) is 12.8. The molecule has 0 radical (unpaired) electrons. The highest BCUT2D eigenvalue weighted by Crippen LogP contribution is 2.38. The predicted molar refractivity (Wildman–Crippen MR) is 93.1 cm³/mol. The van der Waals surface area contributed by atoms with Gasteiger partial charge < -0.3 is 14.6 Å². The molecule has 0 saturated carbocycles. The molecule has 24 heavy (non-hydrogen) atoms. The number of aryl methyl sites for hydroxylation is 1. The summed E-state index contributed by atoms with van der Waals surface area (Å²) in [5.41, 5.74) is 3.42. The van der Waals surface area contributed by atoms with Crippen LogP contribution in [0.25, 0.3) is 11.3 Å². The van der Waals surface area contributed by atoms with Crippen molar-refractivity contribution in [2.45, 2.75) is 13.5 Å². The number of ether oxygens (including phenoxy) is 1. The molecule has 6 heteroatoms. The van der Waals surface area contributed by atoms with Crippen LogP contribution in [-0.2, 0) is 6.61 Å². The first-order valence-corrected chi connectivity index (χ1v) is 8.21. The topological polar surface area (TPSA) is 64.4 Å². The van der Waals surface area contributed by atoms with Gasteiger partial charge in [-0.1, -0.05) is 33.2 Å². The zero-order chi connectivity index (χ0) is 16.7. The highest BCUT2D eigenvalue weighted by molar-refractivity contribution is 9.10. The number of aromatic nitrogens is 1. The van der Waals surface area contributed by atoms with Gasteiger partial charge in [-0.05, 0) is 42.8 Å². The molecule has 1 aliphatic rings. The van der Waals surface area contributed by atoms with Gasteiger partial charge in [-0.3, -0.25) is 4.79 Å². The van der Waals surface area contributed by atoms with Crippen LogP contribution in [0.1, 0.15) is 21.6 Å². The van der Waals surface area contributed by atoms with Crippen molar-refractivity contribution >= 4 is 27.5 Å². The Morgan fingerprint density at radius 2 is 2.08 bits per heavy atom. The number of hydrogen-bond acceptors (Lipinski definition) is 4. The SMILES string of the molecule is Cc1cc(Br)ccc1NC(=O)c1noc2c1COc1ccccc1-2. The summed E-state index contributed by atoms with van der Waals surface area (Å²) in [4.78, 5) is 12.6. The number of hydrogen-bond donors (Lipinski definition) is 1. The normalized spacial score (nSPS) is 12.1. The molecule has 0 saturated heterocycles. The number of carbonyl (C=O) groups is 1. The second-order valence-electron chi connectivity index (χ2n) is 5.54. The number of halogens is 1. The van der Waals surface area contributed by atoms with Gasteiger partial charge in [0.05, 0.1) is 11.1 Å². The minimum Gasteiger partial charge on any atom is -0.488 e. The molecule has 4 rings (SSSR count). The van der Waals surface area contributed by atoms with Gasteiger partial charge in [-0.2, -0.15) is 0 Å². The van der Waals surface area contributed by atoms with Crippen molar-refractivity contribution in [2.24, 2.45) is 0 Å². The lowest BCUT2D eigenvalue weighted by molar-refractivity contribution is 0.101. The van der Waals surface area contributed by atoms with Crippen molar-refractivity contribution < 1.29 is 14.1 Å². The van der Waals surface area contributed by atoms with E-state index in [1.54, 1.807) is 0 Å². The van der Waals surface area contributed by atoms with Crippen LogP contribution in [0.4, 0.5) is 5.69 Å². The van der Waals surface area contributed by atoms with Crippen molar-refractivity contribution in [1.29, 1.82) is 0 Å². The second kappa shape index (κ2) is 5.79. The van der Waals surface area contributed by atoms with Gasteiger partial charge in [0.1, 0.15) is 12.4 Å². The fourth-order valence-corrected chi connectivity index (χ4v) is 3.19. The quantitative estimate of drug-likeness (QED) is 0.703. The third-order valence-corrected chi connectivity index (χ3v) is 4.44. The van der Waals surface area contributed by atoms with Crippen molar-refractivity contribution in [3.63, 3.8) is 0 Å². The molecule has 1 N–H and O–H groups in total. The number of amides is 1. The van der Waals surface area contributed by atoms with Crippen LogP contribution >= 0.6 is 15.9 Å². The van der Waals surface area contributed by atoms with Crippen LogP contribution in [0.5, 0.6) is 5.75 Å². The summed E-state index contributed by atoms with van der Waals surface area (Å²) in [6.07, 6.45) is 0. The number of nitrogens with zero attached hydrogens (tertiary/aromatic N) is 1. The Hall–Kier alpha value is -2.60. The molecule has 2 heterocycles. The molecule has 3 aromatic rings. The second-order valence-corrected chi connectivity index (χ2v) is 6.45. The number of anilines is 1. The first-order valence-electron chi connectivity index (χ1n) is 7.42. The summed E-state index contributed by atoms with van der Waals surface area (Å²) in [5, 5.41) is 6.84. The summed E-state index contributed by atoms with van der Waals surface area (Å²) >= 11 is 3.41. The lowest BCUT2D eigenvalue weighted by Crippen LogP contribution is -2.17. The van der Waals surface area contributed by atoms with Gasteiger partial charge in [-0.15, -0.1) is 0 Å². The maximum atomic E-state index is 12.6. The summed E-state index contributed by atoms with van der Waals surface area (Å²) in [5.74, 6) is 1.01. The molecule has 0 bridgehead atoms. The van der Waals surface area contributed by atoms with Crippen molar-refractivity contribution in [3.05, 3.63) is 63.8 Å². The van der Waals surface area contributed by atoms with E-state index < -0.39 is 0 Å². The van der Waals surface area contributed by atoms with Crippen LogP contribution in [0.2, 0.25) is 0 Å². The molecule has 0 fully saturated rings. The number of para-hydroxylation sites is 1. The third kappa shape index (κ3) is 2.49. The van der Waals surface area contributed by atoms with Gasteiger partial charge in [0.15, 0.2) is 11.5 Å². The maximum absolute atomic E-state index is 12.6. The number of benzene rings is 2. The monoisotopic (exact) mass is 384 g/mol. The first-order chi connectivity index (χ1) is 11.6. The number of nitrogens with one attached hydrogen (secondary N) is 1. The summed E-state index contributed by atoms with van der Waals surface area (Å²) in [6, 6.07) is 13.2. The van der Waals surface area contributed by atoms with Crippen molar-refractivity contribution in [2.75, 3.05) is 5.32 Å². The fourth-order valence-electron chi connectivity index (χ4n) is 2.71. The summed E-state index contributed by atoms with van der Waals surface area (Å²) in [7, 11) is 0. The first kappa shape index (κ1) is 15.0. The van der Waals surface area contributed by atoms with Gasteiger partial charge in [0, 0.05) is 10.2 Å². The Labute approximate surface area is 146 Å². The lowest BCUT2D eigenvalue weighted by atomic mass is 10.0. The van der Waals surface area contributed by atoms with Crippen LogP contribution < -0.4 is 10.1 Å². The van der Waals surface area contributed by atoms with Crippen molar-refractivity contribution in [1.82, 2.24) is 5.16 Å². The van der Waals surface area contributed by atoms with Gasteiger partial charge in [-0.25, -0.2) is 0 Å². The largest absolute Gasteiger partial charge is 0.488 e. The van der Waals surface area contributed by atoms with E-state index in [-0.39, 0.29) is 18.2 Å². The van der Waals surface area contributed by atoms with E-state index in [0.717, 1.165) is 27.0 Å². The number of carbonyl (C=O) groups excluding carboxylic acids is 1. The van der Waals surface area contributed by atoms with Gasteiger partial charge in [0.2, 0.25) is 0 Å². The standard InChI is InChI=1S/C18H13BrN2O3/c1-10-8-11(19)6-7-14(10)20-18(22)16-13-9-23-15-5-3-2-4-12(15)17(13)24-21-16/h2-8H,9H2,1H3,(H,20,22). The van der Waals surface area contributed by atoms with Crippen LogP contribution in [0.15, 0.2) is 51.5 Å². The van der Waals surface area contributed by atoms with E-state index >= 15 is 0 Å². The Kier molecular flexibility index (Phi) is 3.61. The molecule has 1 aromatic heterocycles. The minimum absolute atomic E-state index is 0.252. The highest BCUT2D eigenvalue weighted by Gasteiger charge is 2.28. The molecule has 0 aliphatic carbocycles. The van der Waals surface area contributed by atoms with E-state index in [2.05, 4.69) is 26.4 Å². The van der Waals surface area contributed by atoms with Crippen LogP contribution in [0, 0.1) is 6.92 Å². The molecule has 0 atom stereocenters. The lowest BCUT2D eigenvalue weighted by Gasteiger charge is -2.16. The Bertz CT molecular complexity index is 949. The average molecular weight is 385 g/mol. The van der Waals surface area contributed by atoms with Crippen molar-refractivity contribution in [3.8, 4) is 17.1 Å². The van der Waals surface area contributed by atoms with Crippen LogP contribution in [-0.4, -0.2) is 11.1 Å². The predicted octanol–water partition coefficient (Wildman–Crippen LogP) is 4.56. The number of rotatable bonds is 2. The molecular formula is C18H13BrN2O3. The third-order valence-electron chi connectivity index (χ3n) is 3.94. The minimum atomic E-state index is -0.312. The average Bonchev–Trinajstić information content (AvgIpc) is 3.02. The van der Waals surface area contributed by atoms with E-state index in [1.165, 1.54) is 0 Å². The molecule has 120 valence electrons. The molecule has 1 amide bonds. The molecule has 0 unspecified atom stereocenters.